The van der Waals surface area contributed by atoms with E-state index in [-0.39, 0.29) is 10.9 Å². The molecule has 1 aromatic carbocycles. The Hall–Kier alpha value is -0.610. The molecular weight excluding hydrogens is 296 g/mol. The number of benzene rings is 1. The lowest BCUT2D eigenvalue weighted by molar-refractivity contribution is 0.0792. The van der Waals surface area contributed by atoms with E-state index in [2.05, 4.69) is 15.9 Å². The van der Waals surface area contributed by atoms with Crippen LogP contribution in [0.1, 0.15) is 23.2 Å². The van der Waals surface area contributed by atoms with Gasteiger partial charge in [0.05, 0.1) is 5.02 Å². The molecule has 2 rings (SSSR count). The van der Waals surface area contributed by atoms with Crippen molar-refractivity contribution in [1.82, 2.24) is 4.90 Å². The molecule has 0 atom stereocenters. The molecule has 16 heavy (non-hydrogen) atoms. The monoisotopic (exact) mass is 305 g/mol. The summed E-state index contributed by atoms with van der Waals surface area (Å²) in [6.07, 6.45) is 2.03. The smallest absolute Gasteiger partial charge is 0.253 e. The summed E-state index contributed by atoms with van der Waals surface area (Å²) in [4.78, 5) is 13.7. The van der Waals surface area contributed by atoms with Crippen LogP contribution in [0.25, 0.3) is 0 Å². The normalized spacial score (nSPS) is 15.6. The third kappa shape index (κ3) is 2.23. The molecule has 5 heteroatoms. The van der Waals surface area contributed by atoms with Gasteiger partial charge >= 0.3 is 0 Å². The Morgan fingerprint density at radius 2 is 2.00 bits per heavy atom. The van der Waals surface area contributed by atoms with Gasteiger partial charge in [0.15, 0.2) is 0 Å². The standard InChI is InChI=1S/C11H10BrClFNO/c12-8-5-7(6-9(14)10(8)13)11(16)15-3-1-2-4-15/h5-6H,1-4H2. The number of carbonyl (C=O) groups excluding carboxylic acids is 1. The van der Waals surface area contributed by atoms with Crippen molar-refractivity contribution in [2.24, 2.45) is 0 Å². The first kappa shape index (κ1) is 11.9. The van der Waals surface area contributed by atoms with Crippen LogP contribution in [-0.2, 0) is 0 Å². The van der Waals surface area contributed by atoms with Crippen molar-refractivity contribution in [3.05, 3.63) is 33.0 Å². The first-order valence-electron chi connectivity index (χ1n) is 5.03. The summed E-state index contributed by atoms with van der Waals surface area (Å²) in [5.41, 5.74) is 0.343. The van der Waals surface area contributed by atoms with Crippen LogP contribution >= 0.6 is 27.5 Å². The molecule has 1 amide bonds. The number of rotatable bonds is 1. The molecule has 0 radical (unpaired) electrons. The van der Waals surface area contributed by atoms with Gasteiger partial charge in [0, 0.05) is 23.1 Å². The fourth-order valence-electron chi connectivity index (χ4n) is 1.78. The average molecular weight is 307 g/mol. The van der Waals surface area contributed by atoms with Gasteiger partial charge in [-0.1, -0.05) is 11.6 Å². The molecule has 1 aliphatic rings. The summed E-state index contributed by atoms with van der Waals surface area (Å²) in [7, 11) is 0. The number of nitrogens with zero attached hydrogens (tertiary/aromatic N) is 1. The highest BCUT2D eigenvalue weighted by Gasteiger charge is 2.21. The predicted octanol–water partition coefficient (Wildman–Crippen LogP) is 3.48. The van der Waals surface area contributed by atoms with Crippen LogP contribution < -0.4 is 0 Å². The maximum Gasteiger partial charge on any atom is 0.253 e. The van der Waals surface area contributed by atoms with E-state index in [1.54, 1.807) is 11.0 Å². The van der Waals surface area contributed by atoms with Crippen LogP contribution in [0.3, 0.4) is 0 Å². The van der Waals surface area contributed by atoms with E-state index in [1.807, 2.05) is 0 Å². The fraction of sp³-hybridized carbons (Fsp3) is 0.364. The van der Waals surface area contributed by atoms with Crippen LogP contribution in [0, 0.1) is 5.82 Å². The minimum Gasteiger partial charge on any atom is -0.339 e. The van der Waals surface area contributed by atoms with E-state index < -0.39 is 5.82 Å². The van der Waals surface area contributed by atoms with E-state index in [9.17, 15) is 9.18 Å². The number of carbonyl (C=O) groups is 1. The maximum atomic E-state index is 13.4. The summed E-state index contributed by atoms with van der Waals surface area (Å²) in [5, 5.41) is 0.0120. The number of hydrogen-bond acceptors (Lipinski definition) is 1. The lowest BCUT2D eigenvalue weighted by Gasteiger charge is -2.15. The van der Waals surface area contributed by atoms with Crippen LogP contribution in [0.15, 0.2) is 16.6 Å². The zero-order valence-corrected chi connectivity index (χ0v) is 10.8. The number of hydrogen-bond donors (Lipinski definition) is 0. The highest BCUT2D eigenvalue weighted by molar-refractivity contribution is 9.10. The van der Waals surface area contributed by atoms with Crippen LogP contribution in [0.4, 0.5) is 4.39 Å². The molecule has 1 aliphatic heterocycles. The van der Waals surface area contributed by atoms with E-state index >= 15 is 0 Å². The van der Waals surface area contributed by atoms with E-state index in [0.717, 1.165) is 25.9 Å². The molecule has 1 saturated heterocycles. The Morgan fingerprint density at radius 1 is 1.38 bits per heavy atom. The lowest BCUT2D eigenvalue weighted by Crippen LogP contribution is -2.27. The maximum absolute atomic E-state index is 13.4. The Morgan fingerprint density at radius 3 is 2.56 bits per heavy atom. The van der Waals surface area contributed by atoms with Crippen molar-refractivity contribution in [2.75, 3.05) is 13.1 Å². The zero-order chi connectivity index (χ0) is 11.7. The minimum atomic E-state index is -0.571. The molecule has 0 aromatic heterocycles. The molecule has 0 saturated carbocycles. The molecule has 1 aromatic rings. The molecular formula is C11H10BrClFNO. The highest BCUT2D eigenvalue weighted by atomic mass is 79.9. The fourth-order valence-corrected chi connectivity index (χ4v) is 2.33. The van der Waals surface area contributed by atoms with Crippen LogP contribution in [-0.4, -0.2) is 23.9 Å². The van der Waals surface area contributed by atoms with Gasteiger partial charge in [-0.25, -0.2) is 4.39 Å². The SMILES string of the molecule is O=C(c1cc(F)c(Cl)c(Br)c1)N1CCCC1. The van der Waals surface area contributed by atoms with Gasteiger partial charge in [0.1, 0.15) is 5.82 Å². The summed E-state index contributed by atoms with van der Waals surface area (Å²) >= 11 is 8.80. The molecule has 0 aliphatic carbocycles. The topological polar surface area (TPSA) is 20.3 Å². The average Bonchev–Trinajstić information content (AvgIpc) is 2.77. The number of amides is 1. The number of likely N-dealkylation sites (tertiary alicyclic amines) is 1. The van der Waals surface area contributed by atoms with Crippen molar-refractivity contribution in [1.29, 1.82) is 0 Å². The molecule has 0 bridgehead atoms. The van der Waals surface area contributed by atoms with Gasteiger partial charge in [-0.05, 0) is 40.9 Å². The molecule has 0 unspecified atom stereocenters. The van der Waals surface area contributed by atoms with Crippen LogP contribution in [0.2, 0.25) is 5.02 Å². The van der Waals surface area contributed by atoms with Crippen molar-refractivity contribution in [3.8, 4) is 0 Å². The molecule has 0 spiro atoms. The summed E-state index contributed by atoms with van der Waals surface area (Å²) in [5.74, 6) is -0.702. The Balaban J connectivity index is 2.29. The van der Waals surface area contributed by atoms with Crippen molar-refractivity contribution >= 4 is 33.4 Å². The van der Waals surface area contributed by atoms with Crippen molar-refractivity contribution in [2.45, 2.75) is 12.8 Å². The second kappa shape index (κ2) is 4.72. The lowest BCUT2D eigenvalue weighted by atomic mass is 10.2. The van der Waals surface area contributed by atoms with Crippen molar-refractivity contribution < 1.29 is 9.18 Å². The van der Waals surface area contributed by atoms with E-state index in [0.29, 0.717) is 10.0 Å². The Labute approximate surface area is 107 Å². The molecule has 1 heterocycles. The third-order valence-electron chi connectivity index (χ3n) is 2.62. The molecule has 86 valence electrons. The first-order chi connectivity index (χ1) is 7.59. The van der Waals surface area contributed by atoms with Gasteiger partial charge in [-0.3, -0.25) is 4.79 Å². The molecule has 1 fully saturated rings. The highest BCUT2D eigenvalue weighted by Crippen LogP contribution is 2.27. The van der Waals surface area contributed by atoms with E-state index in [4.69, 9.17) is 11.6 Å². The largest absolute Gasteiger partial charge is 0.339 e. The minimum absolute atomic E-state index is 0.0120. The van der Waals surface area contributed by atoms with E-state index in [1.165, 1.54) is 6.07 Å². The van der Waals surface area contributed by atoms with Gasteiger partial charge < -0.3 is 4.90 Å². The van der Waals surface area contributed by atoms with Gasteiger partial charge in [0.2, 0.25) is 0 Å². The quantitative estimate of drug-likeness (QED) is 0.728. The Bertz CT molecular complexity index is 409. The summed E-state index contributed by atoms with van der Waals surface area (Å²) < 4.78 is 13.8. The molecule has 0 N–H and O–H groups in total. The summed E-state index contributed by atoms with van der Waals surface area (Å²) in [6.45, 7) is 1.50. The predicted molar refractivity (Wildman–Crippen MR) is 64.2 cm³/mol. The van der Waals surface area contributed by atoms with Crippen molar-refractivity contribution in [3.63, 3.8) is 0 Å². The van der Waals surface area contributed by atoms with Crippen LogP contribution in [0.5, 0.6) is 0 Å². The van der Waals surface area contributed by atoms with Gasteiger partial charge in [-0.2, -0.15) is 0 Å². The zero-order valence-electron chi connectivity index (χ0n) is 8.47. The second-order valence-electron chi connectivity index (χ2n) is 3.75. The number of halogens is 3. The van der Waals surface area contributed by atoms with Gasteiger partial charge in [-0.15, -0.1) is 0 Å². The van der Waals surface area contributed by atoms with Gasteiger partial charge in [0.25, 0.3) is 5.91 Å². The Kier molecular flexibility index (Phi) is 3.50. The molecule has 2 nitrogen and oxygen atoms in total. The third-order valence-corrected chi connectivity index (χ3v) is 3.86. The summed E-state index contributed by atoms with van der Waals surface area (Å²) in [6, 6.07) is 2.75. The first-order valence-corrected chi connectivity index (χ1v) is 6.20. The second-order valence-corrected chi connectivity index (χ2v) is 4.99.